The number of piperidine rings is 2. The molecule has 134 valence electrons. The van der Waals surface area contributed by atoms with Gasteiger partial charge in [0.1, 0.15) is 17.3 Å². The fourth-order valence-corrected chi connectivity index (χ4v) is 4.03. The Labute approximate surface area is 153 Å². The molecule has 2 amide bonds. The average Bonchev–Trinajstić information content (AvgIpc) is 2.66. The van der Waals surface area contributed by atoms with Crippen LogP contribution in [0.5, 0.6) is 5.75 Å². The maximum atomic E-state index is 13.3. The quantitative estimate of drug-likeness (QED) is 0.900. The lowest BCUT2D eigenvalue weighted by atomic mass is 9.75. The molecule has 26 heavy (non-hydrogen) atoms. The molecule has 3 fully saturated rings. The van der Waals surface area contributed by atoms with Crippen molar-refractivity contribution in [3.8, 4) is 5.75 Å². The third kappa shape index (κ3) is 2.83. The van der Waals surface area contributed by atoms with Crippen LogP contribution in [0.25, 0.3) is 0 Å². The van der Waals surface area contributed by atoms with Crippen molar-refractivity contribution in [2.45, 2.75) is 37.4 Å². The van der Waals surface area contributed by atoms with Crippen LogP contribution in [0.2, 0.25) is 0 Å². The van der Waals surface area contributed by atoms with E-state index in [-0.39, 0.29) is 17.9 Å². The van der Waals surface area contributed by atoms with Crippen molar-refractivity contribution < 1.29 is 14.3 Å². The zero-order valence-corrected chi connectivity index (χ0v) is 14.8. The molecule has 2 aromatic carbocycles. The highest BCUT2D eigenvalue weighted by Crippen LogP contribution is 2.36. The van der Waals surface area contributed by atoms with Gasteiger partial charge in [-0.25, -0.2) is 0 Å². The van der Waals surface area contributed by atoms with Gasteiger partial charge in [-0.3, -0.25) is 9.59 Å². The van der Waals surface area contributed by atoms with Crippen molar-refractivity contribution >= 4 is 11.8 Å². The Hall–Kier alpha value is -2.82. The Kier molecular flexibility index (Phi) is 4.15. The summed E-state index contributed by atoms with van der Waals surface area (Å²) in [5.74, 6) is 0.756. The highest BCUT2D eigenvalue weighted by molar-refractivity contribution is 6.01. The summed E-state index contributed by atoms with van der Waals surface area (Å²) >= 11 is 0. The standard InChI is InChI=1S/C21H22N2O3/c1-26-17-9-7-16(8-10-17)14-23-18-11-12-21(20(23)25,22-19(18)24)13-15-5-3-2-4-6-15/h2-10,18H,11-14H2,1H3,(H,22,24)/t18-,21+/m1/s1. The predicted molar refractivity (Wildman–Crippen MR) is 97.6 cm³/mol. The Morgan fingerprint density at radius 2 is 1.81 bits per heavy atom. The van der Waals surface area contributed by atoms with Crippen LogP contribution >= 0.6 is 0 Å². The van der Waals surface area contributed by atoms with Gasteiger partial charge < -0.3 is 15.0 Å². The second-order valence-corrected chi connectivity index (χ2v) is 7.07. The molecule has 5 nitrogen and oxygen atoms in total. The summed E-state index contributed by atoms with van der Waals surface area (Å²) in [6, 6.07) is 17.1. The number of hydrogen-bond acceptors (Lipinski definition) is 3. The lowest BCUT2D eigenvalue weighted by molar-refractivity contribution is -0.162. The molecule has 3 aliphatic heterocycles. The van der Waals surface area contributed by atoms with Crippen molar-refractivity contribution in [3.05, 3.63) is 65.7 Å². The molecule has 1 N–H and O–H groups in total. The molecule has 3 saturated heterocycles. The molecule has 3 aliphatic rings. The number of amides is 2. The Balaban J connectivity index is 1.59. The van der Waals surface area contributed by atoms with E-state index in [1.54, 1.807) is 12.0 Å². The summed E-state index contributed by atoms with van der Waals surface area (Å²) in [6.07, 6.45) is 1.93. The lowest BCUT2D eigenvalue weighted by Gasteiger charge is -2.51. The van der Waals surface area contributed by atoms with Gasteiger partial charge >= 0.3 is 0 Å². The maximum Gasteiger partial charge on any atom is 0.249 e. The average molecular weight is 350 g/mol. The number of benzene rings is 2. The van der Waals surface area contributed by atoms with Crippen molar-refractivity contribution in [1.29, 1.82) is 0 Å². The Bertz CT molecular complexity index is 819. The second-order valence-electron chi connectivity index (χ2n) is 7.07. The van der Waals surface area contributed by atoms with Crippen LogP contribution in [0.4, 0.5) is 0 Å². The number of piperazine rings is 1. The third-order valence-corrected chi connectivity index (χ3v) is 5.42. The molecule has 2 bridgehead atoms. The molecule has 0 spiro atoms. The van der Waals surface area contributed by atoms with Crippen molar-refractivity contribution in [1.82, 2.24) is 10.2 Å². The van der Waals surface area contributed by atoms with E-state index in [1.165, 1.54) is 0 Å². The number of fused-ring (bicyclic) bond motifs is 3. The first-order valence-corrected chi connectivity index (χ1v) is 8.91. The molecule has 5 rings (SSSR count). The van der Waals surface area contributed by atoms with E-state index in [4.69, 9.17) is 4.74 Å². The number of carbonyl (C=O) groups excluding carboxylic acids is 2. The van der Waals surface area contributed by atoms with Crippen LogP contribution in [-0.4, -0.2) is 35.4 Å². The number of rotatable bonds is 5. The Morgan fingerprint density at radius 3 is 2.46 bits per heavy atom. The van der Waals surface area contributed by atoms with Crippen LogP contribution < -0.4 is 10.1 Å². The normalized spacial score (nSPS) is 24.5. The zero-order chi connectivity index (χ0) is 18.1. The van der Waals surface area contributed by atoms with Gasteiger partial charge in [0, 0.05) is 13.0 Å². The number of nitrogens with zero attached hydrogens (tertiary/aromatic N) is 1. The maximum absolute atomic E-state index is 13.3. The van der Waals surface area contributed by atoms with Crippen LogP contribution in [-0.2, 0) is 22.6 Å². The summed E-state index contributed by atoms with van der Waals surface area (Å²) in [5, 5.41) is 3.01. The molecule has 0 aliphatic carbocycles. The van der Waals surface area contributed by atoms with E-state index >= 15 is 0 Å². The number of hydrogen-bond donors (Lipinski definition) is 1. The summed E-state index contributed by atoms with van der Waals surface area (Å²) in [4.78, 5) is 27.6. The van der Waals surface area contributed by atoms with Crippen LogP contribution in [0.3, 0.4) is 0 Å². The van der Waals surface area contributed by atoms with Gasteiger partial charge in [-0.1, -0.05) is 42.5 Å². The molecule has 2 atom stereocenters. The minimum Gasteiger partial charge on any atom is -0.497 e. The fourth-order valence-electron chi connectivity index (χ4n) is 4.03. The summed E-state index contributed by atoms with van der Waals surface area (Å²) < 4.78 is 5.18. The monoisotopic (exact) mass is 350 g/mol. The molecule has 5 heteroatoms. The van der Waals surface area contributed by atoms with Gasteiger partial charge in [-0.2, -0.15) is 0 Å². The molecular formula is C21H22N2O3. The third-order valence-electron chi connectivity index (χ3n) is 5.42. The van der Waals surface area contributed by atoms with Gasteiger partial charge in [0.2, 0.25) is 11.8 Å². The molecular weight excluding hydrogens is 328 g/mol. The molecule has 0 aromatic heterocycles. The van der Waals surface area contributed by atoms with Crippen molar-refractivity contribution in [2.24, 2.45) is 0 Å². The van der Waals surface area contributed by atoms with Gasteiger partial charge in [0.05, 0.1) is 7.11 Å². The van der Waals surface area contributed by atoms with E-state index in [9.17, 15) is 9.59 Å². The summed E-state index contributed by atoms with van der Waals surface area (Å²) in [7, 11) is 1.62. The minimum absolute atomic E-state index is 0.0213. The van der Waals surface area contributed by atoms with E-state index in [0.29, 0.717) is 25.8 Å². The molecule has 0 radical (unpaired) electrons. The van der Waals surface area contributed by atoms with E-state index < -0.39 is 5.54 Å². The first-order chi connectivity index (χ1) is 12.6. The highest BCUT2D eigenvalue weighted by Gasteiger charge is 2.55. The zero-order valence-electron chi connectivity index (χ0n) is 14.8. The van der Waals surface area contributed by atoms with Gasteiger partial charge in [-0.15, -0.1) is 0 Å². The molecule has 2 aromatic rings. The molecule has 0 unspecified atom stereocenters. The second kappa shape index (κ2) is 6.48. The SMILES string of the molecule is COc1ccc(CN2C(=O)[C@@]3(Cc4ccccc4)CC[C@@H]2C(=O)N3)cc1. The first-order valence-electron chi connectivity index (χ1n) is 8.91. The van der Waals surface area contributed by atoms with Crippen LogP contribution in [0.15, 0.2) is 54.6 Å². The Morgan fingerprint density at radius 1 is 1.08 bits per heavy atom. The van der Waals surface area contributed by atoms with Crippen LogP contribution in [0, 0.1) is 0 Å². The van der Waals surface area contributed by atoms with Crippen LogP contribution in [0.1, 0.15) is 24.0 Å². The van der Waals surface area contributed by atoms with Gasteiger partial charge in [-0.05, 0) is 36.1 Å². The van der Waals surface area contributed by atoms with E-state index in [1.807, 2.05) is 54.6 Å². The first kappa shape index (κ1) is 16.6. The lowest BCUT2D eigenvalue weighted by Crippen LogP contribution is -2.74. The summed E-state index contributed by atoms with van der Waals surface area (Å²) in [5.41, 5.74) is 1.24. The van der Waals surface area contributed by atoms with Crippen molar-refractivity contribution in [2.75, 3.05) is 7.11 Å². The van der Waals surface area contributed by atoms with E-state index in [2.05, 4.69) is 5.32 Å². The highest BCUT2D eigenvalue weighted by atomic mass is 16.5. The topological polar surface area (TPSA) is 58.6 Å². The number of carbonyl (C=O) groups is 2. The molecule has 3 heterocycles. The number of ether oxygens (including phenoxy) is 1. The van der Waals surface area contributed by atoms with Crippen molar-refractivity contribution in [3.63, 3.8) is 0 Å². The minimum atomic E-state index is -0.820. The summed E-state index contributed by atoms with van der Waals surface area (Å²) in [6.45, 7) is 0.442. The van der Waals surface area contributed by atoms with Gasteiger partial charge in [0.25, 0.3) is 0 Å². The van der Waals surface area contributed by atoms with Gasteiger partial charge in [0.15, 0.2) is 0 Å². The number of nitrogens with one attached hydrogen (secondary N) is 1. The predicted octanol–water partition coefficient (Wildman–Crippen LogP) is 2.30. The molecule has 0 saturated carbocycles. The smallest absolute Gasteiger partial charge is 0.249 e. The van der Waals surface area contributed by atoms with E-state index in [0.717, 1.165) is 16.9 Å². The largest absolute Gasteiger partial charge is 0.497 e. The number of methoxy groups -OCH3 is 1. The fraction of sp³-hybridized carbons (Fsp3) is 0.333.